The number of pyridine rings is 1. The van der Waals surface area contributed by atoms with Crippen LogP contribution in [0.2, 0.25) is 0 Å². The van der Waals surface area contributed by atoms with Gasteiger partial charge in [-0.15, -0.1) is 0 Å². The number of aromatic nitrogens is 3. The first kappa shape index (κ1) is 6.84. The summed E-state index contributed by atoms with van der Waals surface area (Å²) >= 11 is 0. The summed E-state index contributed by atoms with van der Waals surface area (Å²) in [5.74, 6) is 0.674. The number of hydrogen-bond donors (Lipinski definition) is 2. The summed E-state index contributed by atoms with van der Waals surface area (Å²) in [5, 5.41) is 0. The summed E-state index contributed by atoms with van der Waals surface area (Å²) < 4.78 is 0. The molecule has 12 heavy (non-hydrogen) atoms. The van der Waals surface area contributed by atoms with Crippen molar-refractivity contribution in [2.45, 2.75) is 0 Å². The van der Waals surface area contributed by atoms with Gasteiger partial charge in [-0.05, 0) is 6.07 Å². The summed E-state index contributed by atoms with van der Waals surface area (Å²) in [6.45, 7) is 0. The molecule has 0 atom stereocenters. The number of imidazole rings is 1. The standard InChI is InChI=1S/C8H7N3O/c12-7-3-1-2-6(11-7)8-9-4-5-10-8/h1-5H,(H,9,10)(H,11,12). The maximum Gasteiger partial charge on any atom is 0.248 e. The van der Waals surface area contributed by atoms with Crippen LogP contribution in [0.4, 0.5) is 0 Å². The van der Waals surface area contributed by atoms with Gasteiger partial charge in [0.25, 0.3) is 0 Å². The molecule has 0 aliphatic carbocycles. The van der Waals surface area contributed by atoms with E-state index < -0.39 is 0 Å². The van der Waals surface area contributed by atoms with Gasteiger partial charge in [0.2, 0.25) is 5.56 Å². The highest BCUT2D eigenvalue weighted by Crippen LogP contribution is 2.06. The van der Waals surface area contributed by atoms with Crippen LogP contribution in [0.25, 0.3) is 11.5 Å². The number of hydrogen-bond acceptors (Lipinski definition) is 2. The fourth-order valence-electron chi connectivity index (χ4n) is 0.998. The molecule has 0 bridgehead atoms. The number of aromatic amines is 2. The molecule has 2 rings (SSSR count). The molecule has 2 heterocycles. The third-order valence-corrected chi connectivity index (χ3v) is 1.52. The van der Waals surface area contributed by atoms with Gasteiger partial charge in [0, 0.05) is 18.5 Å². The van der Waals surface area contributed by atoms with Crippen molar-refractivity contribution in [3.8, 4) is 11.5 Å². The molecule has 60 valence electrons. The lowest BCUT2D eigenvalue weighted by Gasteiger charge is -1.93. The largest absolute Gasteiger partial charge is 0.343 e. The van der Waals surface area contributed by atoms with Crippen LogP contribution < -0.4 is 5.56 Å². The molecule has 0 aromatic carbocycles. The van der Waals surface area contributed by atoms with Crippen molar-refractivity contribution < 1.29 is 0 Å². The van der Waals surface area contributed by atoms with Gasteiger partial charge in [0.1, 0.15) is 0 Å². The van der Waals surface area contributed by atoms with Gasteiger partial charge in [-0.1, -0.05) is 6.07 Å². The minimum atomic E-state index is -0.121. The Kier molecular flexibility index (Phi) is 1.51. The van der Waals surface area contributed by atoms with Crippen LogP contribution in [-0.2, 0) is 0 Å². The Bertz CT molecular complexity index is 416. The Morgan fingerprint density at radius 3 is 2.92 bits per heavy atom. The van der Waals surface area contributed by atoms with Crippen LogP contribution >= 0.6 is 0 Å². The van der Waals surface area contributed by atoms with Gasteiger partial charge in [-0.3, -0.25) is 4.79 Å². The molecule has 0 saturated carbocycles. The van der Waals surface area contributed by atoms with E-state index in [0.717, 1.165) is 0 Å². The molecule has 0 saturated heterocycles. The molecule has 0 spiro atoms. The van der Waals surface area contributed by atoms with Crippen molar-refractivity contribution >= 4 is 0 Å². The maximum atomic E-state index is 10.9. The number of nitrogens with zero attached hydrogens (tertiary/aromatic N) is 1. The van der Waals surface area contributed by atoms with Gasteiger partial charge >= 0.3 is 0 Å². The average molecular weight is 161 g/mol. The Balaban J connectivity index is 2.55. The first-order chi connectivity index (χ1) is 5.86. The third-order valence-electron chi connectivity index (χ3n) is 1.52. The second kappa shape index (κ2) is 2.65. The minimum Gasteiger partial charge on any atom is -0.343 e. The topological polar surface area (TPSA) is 61.5 Å². The third kappa shape index (κ3) is 1.14. The monoisotopic (exact) mass is 161 g/mol. The normalized spacial score (nSPS) is 10.0. The van der Waals surface area contributed by atoms with E-state index in [1.807, 2.05) is 0 Å². The predicted molar refractivity (Wildman–Crippen MR) is 44.6 cm³/mol. The lowest BCUT2D eigenvalue weighted by atomic mass is 10.3. The van der Waals surface area contributed by atoms with Gasteiger partial charge < -0.3 is 9.97 Å². The molecule has 4 heteroatoms. The molecule has 2 aromatic rings. The number of nitrogens with one attached hydrogen (secondary N) is 2. The highest BCUT2D eigenvalue weighted by molar-refractivity contribution is 5.47. The lowest BCUT2D eigenvalue weighted by molar-refractivity contribution is 1.18. The van der Waals surface area contributed by atoms with Crippen LogP contribution in [0.1, 0.15) is 0 Å². The van der Waals surface area contributed by atoms with Crippen molar-refractivity contribution in [2.75, 3.05) is 0 Å². The van der Waals surface area contributed by atoms with Crippen molar-refractivity contribution in [1.29, 1.82) is 0 Å². The number of rotatable bonds is 1. The summed E-state index contributed by atoms with van der Waals surface area (Å²) in [4.78, 5) is 20.4. The highest BCUT2D eigenvalue weighted by Gasteiger charge is 1.97. The Labute approximate surface area is 68.3 Å². The van der Waals surface area contributed by atoms with E-state index in [0.29, 0.717) is 11.5 Å². The van der Waals surface area contributed by atoms with E-state index in [2.05, 4.69) is 15.0 Å². The molecule has 2 N–H and O–H groups in total. The molecular formula is C8H7N3O. The number of H-pyrrole nitrogens is 2. The fraction of sp³-hybridized carbons (Fsp3) is 0. The second-order valence-electron chi connectivity index (χ2n) is 2.37. The van der Waals surface area contributed by atoms with E-state index in [4.69, 9.17) is 0 Å². The zero-order chi connectivity index (χ0) is 8.39. The summed E-state index contributed by atoms with van der Waals surface area (Å²) in [6, 6.07) is 4.95. The molecule has 4 nitrogen and oxygen atoms in total. The van der Waals surface area contributed by atoms with E-state index >= 15 is 0 Å². The van der Waals surface area contributed by atoms with Crippen LogP contribution in [-0.4, -0.2) is 15.0 Å². The smallest absolute Gasteiger partial charge is 0.248 e. The molecule has 0 radical (unpaired) electrons. The molecule has 2 aromatic heterocycles. The average Bonchev–Trinajstić information content (AvgIpc) is 2.56. The maximum absolute atomic E-state index is 10.9. The Hall–Kier alpha value is -1.84. The van der Waals surface area contributed by atoms with E-state index in [1.165, 1.54) is 6.07 Å². The Morgan fingerprint density at radius 1 is 1.33 bits per heavy atom. The fourth-order valence-corrected chi connectivity index (χ4v) is 0.998. The van der Waals surface area contributed by atoms with Crippen LogP contribution in [0, 0.1) is 0 Å². The van der Waals surface area contributed by atoms with E-state index in [1.54, 1.807) is 24.5 Å². The predicted octanol–water partition coefficient (Wildman–Crippen LogP) is 0.765. The van der Waals surface area contributed by atoms with E-state index in [9.17, 15) is 4.79 Å². The zero-order valence-electron chi connectivity index (χ0n) is 6.24. The van der Waals surface area contributed by atoms with Crippen LogP contribution in [0.5, 0.6) is 0 Å². The zero-order valence-corrected chi connectivity index (χ0v) is 6.24. The lowest BCUT2D eigenvalue weighted by Crippen LogP contribution is -2.03. The summed E-state index contributed by atoms with van der Waals surface area (Å²) in [6.07, 6.45) is 3.35. The first-order valence-corrected chi connectivity index (χ1v) is 3.55. The van der Waals surface area contributed by atoms with Gasteiger partial charge in [0.15, 0.2) is 5.82 Å². The van der Waals surface area contributed by atoms with Crippen molar-refractivity contribution in [2.24, 2.45) is 0 Å². The van der Waals surface area contributed by atoms with E-state index in [-0.39, 0.29) is 5.56 Å². The summed E-state index contributed by atoms with van der Waals surface area (Å²) in [7, 11) is 0. The van der Waals surface area contributed by atoms with Gasteiger partial charge in [0.05, 0.1) is 5.69 Å². The highest BCUT2D eigenvalue weighted by atomic mass is 16.1. The van der Waals surface area contributed by atoms with Gasteiger partial charge in [-0.25, -0.2) is 4.98 Å². The molecule has 0 fully saturated rings. The van der Waals surface area contributed by atoms with Crippen molar-refractivity contribution in [1.82, 2.24) is 15.0 Å². The first-order valence-electron chi connectivity index (χ1n) is 3.55. The van der Waals surface area contributed by atoms with Crippen LogP contribution in [0.3, 0.4) is 0 Å². The molecule has 0 aliphatic rings. The van der Waals surface area contributed by atoms with Gasteiger partial charge in [-0.2, -0.15) is 0 Å². The minimum absolute atomic E-state index is 0.121. The second-order valence-corrected chi connectivity index (χ2v) is 2.37. The van der Waals surface area contributed by atoms with Crippen molar-refractivity contribution in [3.05, 3.63) is 40.9 Å². The van der Waals surface area contributed by atoms with Crippen LogP contribution in [0.15, 0.2) is 35.4 Å². The molecule has 0 unspecified atom stereocenters. The molecule has 0 aliphatic heterocycles. The molecular weight excluding hydrogens is 154 g/mol. The summed E-state index contributed by atoms with van der Waals surface area (Å²) in [5.41, 5.74) is 0.580. The Morgan fingerprint density at radius 2 is 2.25 bits per heavy atom. The molecule has 0 amide bonds. The van der Waals surface area contributed by atoms with Crippen molar-refractivity contribution in [3.63, 3.8) is 0 Å². The SMILES string of the molecule is O=c1cccc(-c2ncc[nH]2)[nH]1. The quantitative estimate of drug-likeness (QED) is 0.648.